The molecule has 0 bridgehead atoms. The normalized spacial score (nSPS) is 22.0. The maximum absolute atomic E-state index is 6.32. The van der Waals surface area contributed by atoms with Crippen molar-refractivity contribution >= 4 is 0 Å². The molecule has 0 amide bonds. The van der Waals surface area contributed by atoms with E-state index in [0.717, 1.165) is 25.9 Å². The van der Waals surface area contributed by atoms with E-state index in [4.69, 9.17) is 5.73 Å². The molecule has 2 rings (SSSR count). The van der Waals surface area contributed by atoms with Gasteiger partial charge in [-0.15, -0.1) is 0 Å². The predicted molar refractivity (Wildman–Crippen MR) is 81.2 cm³/mol. The Kier molecular flexibility index (Phi) is 4.07. The van der Waals surface area contributed by atoms with Gasteiger partial charge >= 0.3 is 0 Å². The lowest BCUT2D eigenvalue weighted by molar-refractivity contribution is 0.251. The van der Waals surface area contributed by atoms with Gasteiger partial charge in [-0.25, -0.2) is 0 Å². The van der Waals surface area contributed by atoms with Crippen LogP contribution in [0.5, 0.6) is 0 Å². The van der Waals surface area contributed by atoms with Gasteiger partial charge < -0.3 is 15.2 Å². The minimum Gasteiger partial charge on any atom is -0.350 e. The van der Waals surface area contributed by atoms with Crippen LogP contribution >= 0.6 is 0 Å². The lowest BCUT2D eigenvalue weighted by Gasteiger charge is -2.34. The molecule has 0 spiro atoms. The summed E-state index contributed by atoms with van der Waals surface area (Å²) < 4.78 is 2.41. The summed E-state index contributed by atoms with van der Waals surface area (Å²) in [6, 6.07) is 3.04. The summed E-state index contributed by atoms with van der Waals surface area (Å²) in [7, 11) is 2.19. The number of fused-ring (bicyclic) bond motifs is 1. The zero-order valence-electron chi connectivity index (χ0n) is 13.1. The van der Waals surface area contributed by atoms with Gasteiger partial charge in [0.25, 0.3) is 0 Å². The molecular formula is C16H29N3. The smallest absolute Gasteiger partial charge is 0.0350 e. The second kappa shape index (κ2) is 5.29. The van der Waals surface area contributed by atoms with Gasteiger partial charge in [0, 0.05) is 37.1 Å². The maximum Gasteiger partial charge on any atom is 0.0350 e. The summed E-state index contributed by atoms with van der Waals surface area (Å²) in [5.41, 5.74) is 9.47. The second-order valence-electron chi connectivity index (χ2n) is 7.14. The van der Waals surface area contributed by atoms with E-state index in [-0.39, 0.29) is 6.04 Å². The fraction of sp³-hybridized carbons (Fsp3) is 0.750. The van der Waals surface area contributed by atoms with Gasteiger partial charge in [-0.1, -0.05) is 13.8 Å². The monoisotopic (exact) mass is 263 g/mol. The van der Waals surface area contributed by atoms with E-state index < -0.39 is 0 Å². The molecule has 0 aromatic carbocycles. The number of hydrogen-bond donors (Lipinski definition) is 1. The van der Waals surface area contributed by atoms with Crippen molar-refractivity contribution in [3.63, 3.8) is 0 Å². The Bertz CT molecular complexity index is 431. The molecule has 0 fully saturated rings. The van der Waals surface area contributed by atoms with Crippen LogP contribution in [-0.2, 0) is 13.0 Å². The SMILES string of the molecule is CC(C)N(C)CCn1ccc2c1CC(C)(C)CC2N. The van der Waals surface area contributed by atoms with Crippen LogP contribution < -0.4 is 5.73 Å². The first-order valence-electron chi connectivity index (χ1n) is 7.44. The molecular weight excluding hydrogens is 234 g/mol. The summed E-state index contributed by atoms with van der Waals surface area (Å²) in [4.78, 5) is 2.39. The van der Waals surface area contributed by atoms with Crippen LogP contribution in [0.25, 0.3) is 0 Å². The second-order valence-corrected chi connectivity index (χ2v) is 7.14. The Balaban J connectivity index is 2.12. The van der Waals surface area contributed by atoms with Gasteiger partial charge in [0.1, 0.15) is 0 Å². The molecule has 0 radical (unpaired) electrons. The van der Waals surface area contributed by atoms with E-state index in [0.29, 0.717) is 11.5 Å². The van der Waals surface area contributed by atoms with Crippen molar-refractivity contribution in [2.24, 2.45) is 11.1 Å². The van der Waals surface area contributed by atoms with Crippen molar-refractivity contribution in [1.82, 2.24) is 9.47 Å². The van der Waals surface area contributed by atoms with E-state index in [9.17, 15) is 0 Å². The molecule has 1 aliphatic carbocycles. The maximum atomic E-state index is 6.32. The van der Waals surface area contributed by atoms with Crippen LogP contribution in [0, 0.1) is 5.41 Å². The molecule has 1 aromatic heterocycles. The quantitative estimate of drug-likeness (QED) is 0.906. The molecule has 2 N–H and O–H groups in total. The molecule has 0 saturated heterocycles. The van der Waals surface area contributed by atoms with E-state index in [1.165, 1.54) is 11.3 Å². The van der Waals surface area contributed by atoms with Crippen LogP contribution in [0.4, 0.5) is 0 Å². The summed E-state index contributed by atoms with van der Waals surface area (Å²) >= 11 is 0. The number of hydrogen-bond acceptors (Lipinski definition) is 2. The van der Waals surface area contributed by atoms with Crippen LogP contribution in [0.2, 0.25) is 0 Å². The van der Waals surface area contributed by atoms with E-state index in [1.54, 1.807) is 0 Å². The molecule has 3 heteroatoms. The minimum absolute atomic E-state index is 0.211. The Morgan fingerprint density at radius 3 is 2.79 bits per heavy atom. The third-order valence-corrected chi connectivity index (χ3v) is 4.51. The zero-order chi connectivity index (χ0) is 14.2. The Hall–Kier alpha value is -0.800. The molecule has 1 aliphatic rings. The highest BCUT2D eigenvalue weighted by Crippen LogP contribution is 2.39. The number of likely N-dealkylation sites (N-methyl/N-ethyl adjacent to an activating group) is 1. The lowest BCUT2D eigenvalue weighted by atomic mass is 9.74. The molecule has 19 heavy (non-hydrogen) atoms. The Morgan fingerprint density at radius 2 is 2.16 bits per heavy atom. The van der Waals surface area contributed by atoms with Crippen LogP contribution in [-0.4, -0.2) is 29.1 Å². The molecule has 1 heterocycles. The predicted octanol–water partition coefficient (Wildman–Crippen LogP) is 2.80. The first kappa shape index (κ1) is 14.6. The van der Waals surface area contributed by atoms with Crippen LogP contribution in [0.1, 0.15) is 51.4 Å². The number of nitrogens with zero attached hydrogens (tertiary/aromatic N) is 2. The Labute approximate surface area is 117 Å². The van der Waals surface area contributed by atoms with Gasteiger partial charge in [-0.3, -0.25) is 0 Å². The molecule has 1 unspecified atom stereocenters. The summed E-state index contributed by atoms with van der Waals surface area (Å²) in [5.74, 6) is 0. The Morgan fingerprint density at radius 1 is 1.47 bits per heavy atom. The van der Waals surface area contributed by atoms with Crippen molar-refractivity contribution in [1.29, 1.82) is 0 Å². The zero-order valence-corrected chi connectivity index (χ0v) is 13.1. The molecule has 0 aliphatic heterocycles. The first-order valence-corrected chi connectivity index (χ1v) is 7.44. The molecule has 0 saturated carbocycles. The summed E-state index contributed by atoms with van der Waals surface area (Å²) in [6.45, 7) is 11.3. The fourth-order valence-electron chi connectivity index (χ4n) is 3.03. The highest BCUT2D eigenvalue weighted by Gasteiger charge is 2.32. The average Bonchev–Trinajstić information content (AvgIpc) is 2.67. The number of aromatic nitrogens is 1. The highest BCUT2D eigenvalue weighted by atomic mass is 15.1. The van der Waals surface area contributed by atoms with E-state index in [2.05, 4.69) is 56.5 Å². The number of nitrogens with two attached hydrogens (primary N) is 1. The summed E-state index contributed by atoms with van der Waals surface area (Å²) in [5, 5.41) is 0. The van der Waals surface area contributed by atoms with Crippen molar-refractivity contribution in [2.45, 2.75) is 59.2 Å². The van der Waals surface area contributed by atoms with Gasteiger partial charge in [0.15, 0.2) is 0 Å². The molecule has 1 aromatic rings. The third kappa shape index (κ3) is 3.21. The van der Waals surface area contributed by atoms with Crippen molar-refractivity contribution < 1.29 is 0 Å². The number of rotatable bonds is 4. The minimum atomic E-state index is 0.211. The molecule has 108 valence electrons. The first-order chi connectivity index (χ1) is 8.80. The highest BCUT2D eigenvalue weighted by molar-refractivity contribution is 5.30. The lowest BCUT2D eigenvalue weighted by Crippen LogP contribution is -2.32. The van der Waals surface area contributed by atoms with Crippen molar-refractivity contribution in [2.75, 3.05) is 13.6 Å². The van der Waals surface area contributed by atoms with E-state index >= 15 is 0 Å². The van der Waals surface area contributed by atoms with Gasteiger partial charge in [-0.2, -0.15) is 0 Å². The van der Waals surface area contributed by atoms with Crippen molar-refractivity contribution in [3.8, 4) is 0 Å². The fourth-order valence-corrected chi connectivity index (χ4v) is 3.03. The molecule has 3 nitrogen and oxygen atoms in total. The molecule has 1 atom stereocenters. The average molecular weight is 263 g/mol. The summed E-state index contributed by atoms with van der Waals surface area (Å²) in [6.07, 6.45) is 4.46. The topological polar surface area (TPSA) is 34.2 Å². The largest absolute Gasteiger partial charge is 0.350 e. The third-order valence-electron chi connectivity index (χ3n) is 4.51. The van der Waals surface area contributed by atoms with Gasteiger partial charge in [0.2, 0.25) is 0 Å². The van der Waals surface area contributed by atoms with Gasteiger partial charge in [0.05, 0.1) is 0 Å². The standard InChI is InChI=1S/C16H29N3/c1-12(2)18(5)8-9-19-7-6-13-14(17)10-16(3,4)11-15(13)19/h6-7,12,14H,8-11,17H2,1-5H3. The van der Waals surface area contributed by atoms with Crippen molar-refractivity contribution in [3.05, 3.63) is 23.5 Å². The van der Waals surface area contributed by atoms with Crippen LogP contribution in [0.15, 0.2) is 12.3 Å². The van der Waals surface area contributed by atoms with Gasteiger partial charge in [-0.05, 0) is 50.8 Å². The van der Waals surface area contributed by atoms with E-state index in [1.807, 2.05) is 0 Å². The van der Waals surface area contributed by atoms with Crippen LogP contribution in [0.3, 0.4) is 0 Å².